The molecule has 0 spiro atoms. The molecule has 0 aliphatic heterocycles. The molecule has 5 nitrogen and oxygen atoms in total. The van der Waals surface area contributed by atoms with Crippen LogP contribution in [-0.4, -0.2) is 25.4 Å². The molecule has 2 saturated carbocycles. The Balaban J connectivity index is 1.64. The van der Waals surface area contributed by atoms with Crippen LogP contribution in [0.5, 0.6) is 0 Å². The molecule has 3 unspecified atom stereocenters. The second-order valence-electron chi connectivity index (χ2n) is 8.00. The van der Waals surface area contributed by atoms with Crippen LogP contribution in [0.25, 0.3) is 11.1 Å². The monoisotopic (exact) mass is 432 g/mol. The number of hydrogen-bond donors (Lipinski definition) is 1. The predicted molar refractivity (Wildman–Crippen MR) is 113 cm³/mol. The van der Waals surface area contributed by atoms with Gasteiger partial charge in [0.25, 0.3) is 0 Å². The number of rotatable bonds is 6. The summed E-state index contributed by atoms with van der Waals surface area (Å²) in [5, 5.41) is 10.7. The minimum Gasteiger partial charge on any atom is -0.755 e. The summed E-state index contributed by atoms with van der Waals surface area (Å²) >= 11 is 3.26. The quantitative estimate of drug-likeness (QED) is 0.649. The van der Waals surface area contributed by atoms with Gasteiger partial charge in [-0.25, -0.2) is 4.79 Å². The molecule has 2 aromatic carbocycles. The summed E-state index contributed by atoms with van der Waals surface area (Å²) in [6.07, 6.45) is 5.69. The summed E-state index contributed by atoms with van der Waals surface area (Å²) in [5.41, 5.74) is 0.883. The van der Waals surface area contributed by atoms with Crippen LogP contribution >= 0.6 is 11.6 Å². The molecule has 0 amide bonds. The molecule has 2 fully saturated rings. The van der Waals surface area contributed by atoms with E-state index in [1.54, 1.807) is 24.3 Å². The predicted octanol–water partition coefficient (Wildman–Crippen LogP) is 5.03. The highest BCUT2D eigenvalue weighted by Gasteiger charge is 2.67. The van der Waals surface area contributed by atoms with Crippen LogP contribution < -0.4 is 4.31 Å². The first-order valence-electron chi connectivity index (χ1n) is 9.92. The van der Waals surface area contributed by atoms with E-state index in [0.717, 1.165) is 41.1 Å². The Morgan fingerprint density at radius 3 is 2.10 bits per heavy atom. The summed E-state index contributed by atoms with van der Waals surface area (Å²) in [7, 11) is 0. The van der Waals surface area contributed by atoms with Gasteiger partial charge in [0.15, 0.2) is 5.54 Å². The van der Waals surface area contributed by atoms with Gasteiger partial charge in [0, 0.05) is 22.0 Å². The maximum absolute atomic E-state index is 12.2. The maximum Gasteiger partial charge on any atom is 0.330 e. The molecule has 1 N–H and O–H groups in total. The average Bonchev–Trinajstić information content (AvgIpc) is 3.46. The van der Waals surface area contributed by atoms with Crippen molar-refractivity contribution in [1.82, 2.24) is 0 Å². The summed E-state index contributed by atoms with van der Waals surface area (Å²) in [6, 6.07) is 14.4. The van der Waals surface area contributed by atoms with Gasteiger partial charge in [0.2, 0.25) is 0 Å². The Morgan fingerprint density at radius 2 is 1.59 bits per heavy atom. The van der Waals surface area contributed by atoms with E-state index in [1.807, 2.05) is 24.3 Å². The van der Waals surface area contributed by atoms with Crippen molar-refractivity contribution in [2.75, 3.05) is 4.31 Å². The number of nitrogens with zero attached hydrogens (tertiary/aromatic N) is 1. The van der Waals surface area contributed by atoms with Gasteiger partial charge < -0.3 is 9.66 Å². The van der Waals surface area contributed by atoms with E-state index >= 15 is 0 Å². The molecule has 29 heavy (non-hydrogen) atoms. The molecule has 0 saturated heterocycles. The maximum atomic E-state index is 12.2. The first-order valence-corrected chi connectivity index (χ1v) is 11.3. The molecule has 0 heterocycles. The van der Waals surface area contributed by atoms with Crippen molar-refractivity contribution in [3.63, 3.8) is 0 Å². The van der Waals surface area contributed by atoms with Gasteiger partial charge in [-0.1, -0.05) is 68.0 Å². The number of benzene rings is 2. The lowest BCUT2D eigenvalue weighted by molar-refractivity contribution is -0.140. The molecule has 4 rings (SSSR count). The number of carboxylic acids is 1. The number of hydrogen-bond acceptors (Lipinski definition) is 3. The van der Waals surface area contributed by atoms with Crippen LogP contribution in [0, 0.1) is 11.8 Å². The topological polar surface area (TPSA) is 80.7 Å². The van der Waals surface area contributed by atoms with E-state index in [2.05, 4.69) is 0 Å². The number of carboxylic acid groups (broad SMARTS) is 1. The van der Waals surface area contributed by atoms with Gasteiger partial charge in [0.1, 0.15) is 0 Å². The lowest BCUT2D eigenvalue weighted by Crippen LogP contribution is -2.47. The van der Waals surface area contributed by atoms with E-state index in [9.17, 15) is 18.7 Å². The van der Waals surface area contributed by atoms with Crippen LogP contribution in [-0.2, 0) is 16.1 Å². The van der Waals surface area contributed by atoms with Gasteiger partial charge >= 0.3 is 5.97 Å². The highest BCUT2D eigenvalue weighted by atomic mass is 35.5. The first kappa shape index (κ1) is 20.4. The van der Waals surface area contributed by atoms with Gasteiger partial charge in [0.05, 0.1) is 0 Å². The molecule has 2 aliphatic rings. The minimum absolute atomic E-state index is 0.130. The highest BCUT2D eigenvalue weighted by Crippen LogP contribution is 2.57. The van der Waals surface area contributed by atoms with Crippen LogP contribution in [0.1, 0.15) is 38.5 Å². The van der Waals surface area contributed by atoms with Crippen molar-refractivity contribution in [2.45, 2.75) is 44.1 Å². The third-order valence-corrected chi connectivity index (χ3v) is 7.45. The Morgan fingerprint density at radius 1 is 1.03 bits per heavy atom. The van der Waals surface area contributed by atoms with Crippen LogP contribution in [0.2, 0.25) is 5.02 Å². The van der Waals surface area contributed by atoms with Gasteiger partial charge in [-0.2, -0.15) is 0 Å². The van der Waals surface area contributed by atoms with Crippen molar-refractivity contribution in [3.8, 4) is 11.1 Å². The molecular weight excluding hydrogens is 410 g/mol. The summed E-state index contributed by atoms with van der Waals surface area (Å²) in [6.45, 7) is 0. The van der Waals surface area contributed by atoms with E-state index in [0.29, 0.717) is 17.1 Å². The highest BCUT2D eigenvalue weighted by molar-refractivity contribution is 7.80. The standard InChI is InChI=1S/C22H24ClNO4S/c23-18-10-6-15(7-11-18)16-8-12-19(13-9-16)24(29(27)28)22(21(25)26)14-20(22)17-4-2-1-3-5-17/h6-13,17,20H,1-5,14H2,(H,25,26)(H,27,28)/p-1. The second-order valence-corrected chi connectivity index (χ2v) is 9.24. The number of halogens is 1. The summed E-state index contributed by atoms with van der Waals surface area (Å²) in [5.74, 6) is -0.910. The van der Waals surface area contributed by atoms with E-state index in [4.69, 9.17) is 11.6 Å². The zero-order valence-corrected chi connectivity index (χ0v) is 17.5. The Labute approximate surface area is 178 Å². The van der Waals surface area contributed by atoms with Crippen molar-refractivity contribution >= 4 is 34.5 Å². The zero-order chi connectivity index (χ0) is 20.6. The molecule has 2 aliphatic carbocycles. The fourth-order valence-corrected chi connectivity index (χ4v) is 5.79. The SMILES string of the molecule is O=C(O)C1(N(c2ccc(-c3ccc(Cl)cc3)cc2)S(=O)[O-])CC1C1CCCCC1. The third-order valence-electron chi connectivity index (χ3n) is 6.36. The van der Waals surface area contributed by atoms with Crippen molar-refractivity contribution in [1.29, 1.82) is 0 Å². The molecule has 0 bridgehead atoms. The van der Waals surface area contributed by atoms with E-state index in [1.165, 1.54) is 6.42 Å². The lowest BCUT2D eigenvalue weighted by Gasteiger charge is -2.35. The van der Waals surface area contributed by atoms with Gasteiger partial charge in [-0.15, -0.1) is 0 Å². The largest absolute Gasteiger partial charge is 0.755 e. The van der Waals surface area contributed by atoms with Crippen LogP contribution in [0.3, 0.4) is 0 Å². The second kappa shape index (κ2) is 8.09. The average molecular weight is 433 g/mol. The number of aliphatic carboxylic acids is 1. The number of anilines is 1. The third kappa shape index (κ3) is 3.81. The van der Waals surface area contributed by atoms with Crippen LogP contribution in [0.15, 0.2) is 48.5 Å². The van der Waals surface area contributed by atoms with Crippen LogP contribution in [0.4, 0.5) is 5.69 Å². The molecular formula is C22H23ClNO4S-. The zero-order valence-electron chi connectivity index (χ0n) is 15.9. The molecule has 0 radical (unpaired) electrons. The smallest absolute Gasteiger partial charge is 0.330 e. The molecule has 3 atom stereocenters. The van der Waals surface area contributed by atoms with E-state index in [-0.39, 0.29) is 11.8 Å². The molecule has 0 aromatic heterocycles. The fourth-order valence-electron chi connectivity index (χ4n) is 4.82. The Hall–Kier alpha value is -1.89. The summed E-state index contributed by atoms with van der Waals surface area (Å²) in [4.78, 5) is 12.2. The normalized spacial score (nSPS) is 25.4. The minimum atomic E-state index is -2.68. The molecule has 154 valence electrons. The number of carbonyl (C=O) groups is 1. The van der Waals surface area contributed by atoms with Crippen molar-refractivity contribution in [2.24, 2.45) is 11.8 Å². The van der Waals surface area contributed by atoms with Gasteiger partial charge in [-0.05, 0) is 53.6 Å². The Bertz CT molecular complexity index is 911. The van der Waals surface area contributed by atoms with Crippen molar-refractivity contribution in [3.05, 3.63) is 53.6 Å². The fraction of sp³-hybridized carbons (Fsp3) is 0.409. The van der Waals surface area contributed by atoms with E-state index < -0.39 is 22.8 Å². The Kier molecular flexibility index (Phi) is 5.69. The van der Waals surface area contributed by atoms with Crippen molar-refractivity contribution < 1.29 is 18.7 Å². The lowest BCUT2D eigenvalue weighted by atomic mass is 9.84. The molecule has 7 heteroatoms. The summed E-state index contributed by atoms with van der Waals surface area (Å²) < 4.78 is 25.4. The first-order chi connectivity index (χ1) is 13.9. The molecule has 2 aromatic rings. The van der Waals surface area contributed by atoms with Gasteiger partial charge in [-0.3, -0.25) is 8.51 Å².